The van der Waals surface area contributed by atoms with Crippen molar-refractivity contribution in [1.29, 1.82) is 5.26 Å². The molecule has 3 aliphatic rings. The number of nitrogens with one attached hydrogen (secondary N) is 1. The molecule has 190 valence electrons. The summed E-state index contributed by atoms with van der Waals surface area (Å²) in [5, 5.41) is 26.2. The number of hydrogen-bond acceptors (Lipinski definition) is 7. The van der Waals surface area contributed by atoms with E-state index in [0.717, 1.165) is 18.4 Å². The number of rotatable bonds is 9. The second-order valence-corrected chi connectivity index (χ2v) is 12.8. The molecule has 1 aliphatic heterocycles. The Bertz CT molecular complexity index is 1360. The van der Waals surface area contributed by atoms with Crippen LogP contribution in [0.4, 0.5) is 0 Å². The minimum atomic E-state index is -3.30. The molecule has 10 nitrogen and oxygen atoms in total. The number of sulfone groups is 1. The Morgan fingerprint density at radius 1 is 1.19 bits per heavy atom. The third-order valence-corrected chi connectivity index (χ3v) is 9.88. The van der Waals surface area contributed by atoms with Crippen molar-refractivity contribution in [3.05, 3.63) is 52.3 Å². The second-order valence-electron chi connectivity index (χ2n) is 10.4. The van der Waals surface area contributed by atoms with E-state index in [4.69, 9.17) is 5.26 Å². The summed E-state index contributed by atoms with van der Waals surface area (Å²) in [5.41, 5.74) is 2.07. The van der Waals surface area contributed by atoms with Crippen molar-refractivity contribution in [3.63, 3.8) is 0 Å². The number of aliphatic hydroxyl groups excluding tert-OH is 1. The molecule has 0 unspecified atom stereocenters. The number of amides is 2. The number of benzene rings is 1. The number of aliphatic hydroxyl groups is 1. The fourth-order valence-corrected chi connectivity index (χ4v) is 6.11. The van der Waals surface area contributed by atoms with Gasteiger partial charge in [0.05, 0.1) is 23.0 Å². The fourth-order valence-electron chi connectivity index (χ4n) is 4.88. The van der Waals surface area contributed by atoms with Gasteiger partial charge in [-0.1, -0.05) is 12.1 Å². The van der Waals surface area contributed by atoms with Crippen LogP contribution in [0.2, 0.25) is 0 Å². The molecule has 0 radical (unpaired) electrons. The van der Waals surface area contributed by atoms with Gasteiger partial charge < -0.3 is 15.3 Å². The number of fused-ring (bicyclic) bond motifs is 1. The van der Waals surface area contributed by atoms with Gasteiger partial charge in [-0.15, -0.1) is 0 Å². The molecule has 2 saturated carbocycles. The molecule has 2 aromatic rings. The van der Waals surface area contributed by atoms with Gasteiger partial charge in [0, 0.05) is 43.4 Å². The lowest BCUT2D eigenvalue weighted by Gasteiger charge is -2.31. The maximum Gasteiger partial charge on any atom is 0.272 e. The summed E-state index contributed by atoms with van der Waals surface area (Å²) in [4.78, 5) is 28.3. The number of nitriles is 1. The van der Waals surface area contributed by atoms with E-state index in [1.54, 1.807) is 33.8 Å². The molecule has 2 aliphatic carbocycles. The molecule has 1 aromatic carbocycles. The van der Waals surface area contributed by atoms with E-state index in [1.165, 1.54) is 6.26 Å². The van der Waals surface area contributed by atoms with Crippen LogP contribution < -0.4 is 5.32 Å². The van der Waals surface area contributed by atoms with Gasteiger partial charge in [-0.3, -0.25) is 14.3 Å². The fraction of sp³-hybridized carbons (Fsp3) is 0.520. The van der Waals surface area contributed by atoms with Crippen molar-refractivity contribution in [2.45, 2.75) is 49.9 Å². The summed E-state index contributed by atoms with van der Waals surface area (Å²) in [6, 6.07) is 8.95. The highest BCUT2D eigenvalue weighted by atomic mass is 32.2. The number of hydrogen-bond donors (Lipinski definition) is 2. The molecule has 5 rings (SSSR count). The molecular weight excluding hydrogens is 482 g/mol. The first-order chi connectivity index (χ1) is 17.1. The van der Waals surface area contributed by atoms with Crippen LogP contribution in [0.5, 0.6) is 0 Å². The van der Waals surface area contributed by atoms with E-state index in [0.29, 0.717) is 49.2 Å². The van der Waals surface area contributed by atoms with Crippen LogP contribution in [-0.2, 0) is 29.3 Å². The zero-order chi connectivity index (χ0) is 25.7. The predicted octanol–water partition coefficient (Wildman–Crippen LogP) is 1.03. The molecule has 0 atom stereocenters. The Morgan fingerprint density at radius 3 is 2.44 bits per heavy atom. The van der Waals surface area contributed by atoms with Gasteiger partial charge in [0.15, 0.2) is 15.5 Å². The average Bonchev–Trinajstić information content (AvgIpc) is 3.77. The minimum Gasteiger partial charge on any atom is -0.396 e. The van der Waals surface area contributed by atoms with Crippen LogP contribution in [0, 0.1) is 16.7 Å². The Morgan fingerprint density at radius 2 is 1.89 bits per heavy atom. The topological polar surface area (TPSA) is 145 Å². The van der Waals surface area contributed by atoms with Gasteiger partial charge in [0.1, 0.15) is 5.69 Å². The molecule has 0 saturated heterocycles. The van der Waals surface area contributed by atoms with Crippen molar-refractivity contribution in [2.24, 2.45) is 5.41 Å². The molecule has 2 N–H and O–H groups in total. The molecule has 0 bridgehead atoms. The molecule has 2 heterocycles. The van der Waals surface area contributed by atoms with Gasteiger partial charge in [0.25, 0.3) is 11.8 Å². The minimum absolute atomic E-state index is 0.0308. The lowest BCUT2D eigenvalue weighted by Crippen LogP contribution is -2.46. The Kier molecular flexibility index (Phi) is 5.92. The summed E-state index contributed by atoms with van der Waals surface area (Å²) in [6.45, 7) is 0.989. The monoisotopic (exact) mass is 511 g/mol. The van der Waals surface area contributed by atoms with Crippen LogP contribution in [-0.4, -0.2) is 70.7 Å². The normalized spacial score (nSPS) is 19.4. The number of carbonyl (C=O) groups excluding carboxylic acids is 2. The third kappa shape index (κ3) is 4.40. The average molecular weight is 512 g/mol. The maximum absolute atomic E-state index is 13.6. The first-order valence-electron chi connectivity index (χ1n) is 12.1. The van der Waals surface area contributed by atoms with Gasteiger partial charge in [-0.2, -0.15) is 10.4 Å². The van der Waals surface area contributed by atoms with Gasteiger partial charge in [-0.05, 0) is 49.8 Å². The van der Waals surface area contributed by atoms with Crippen LogP contribution in [0.3, 0.4) is 0 Å². The van der Waals surface area contributed by atoms with E-state index >= 15 is 0 Å². The van der Waals surface area contributed by atoms with E-state index in [9.17, 15) is 23.1 Å². The Balaban J connectivity index is 1.40. The van der Waals surface area contributed by atoms with Gasteiger partial charge in [-0.25, -0.2) is 8.42 Å². The molecule has 36 heavy (non-hydrogen) atoms. The zero-order valence-electron chi connectivity index (χ0n) is 20.2. The third-order valence-electron chi connectivity index (χ3n) is 7.77. The van der Waals surface area contributed by atoms with Crippen molar-refractivity contribution in [2.75, 3.05) is 26.0 Å². The highest BCUT2D eigenvalue weighted by molar-refractivity contribution is 7.92. The zero-order valence-corrected chi connectivity index (χ0v) is 21.0. The number of carbonyl (C=O) groups is 2. The molecule has 1 aromatic heterocycles. The molecular formula is C25H29N5O5S. The first-order valence-corrected chi connectivity index (χ1v) is 14.0. The molecule has 0 spiro atoms. The summed E-state index contributed by atoms with van der Waals surface area (Å²) >= 11 is 0. The van der Waals surface area contributed by atoms with Crippen molar-refractivity contribution in [1.82, 2.24) is 20.0 Å². The smallest absolute Gasteiger partial charge is 0.272 e. The standard InChI is InChI=1S/C25H29N5O5S/c1-36(34,35)25(9-10-25)15-29-11-6-19-20(22(32)27-13-18-4-2-17(12-26)3-5-18)28-30(21(19)23(29)33)14-24(16-31)7-8-24/h2-5,31H,6-11,13-16H2,1H3,(H,27,32). The highest BCUT2D eigenvalue weighted by Gasteiger charge is 2.54. The van der Waals surface area contributed by atoms with Crippen LogP contribution in [0.1, 0.15) is 63.4 Å². The van der Waals surface area contributed by atoms with E-state index in [-0.39, 0.29) is 36.7 Å². The van der Waals surface area contributed by atoms with E-state index in [1.807, 2.05) is 0 Å². The summed E-state index contributed by atoms with van der Waals surface area (Å²) in [7, 11) is -3.30. The van der Waals surface area contributed by atoms with Crippen molar-refractivity contribution in [3.8, 4) is 6.07 Å². The van der Waals surface area contributed by atoms with E-state index < -0.39 is 20.5 Å². The predicted molar refractivity (Wildman–Crippen MR) is 130 cm³/mol. The SMILES string of the molecule is CS(=O)(=O)C1(CN2CCc3c(C(=O)NCc4ccc(C#N)cc4)nn(CC4(CO)CC4)c3C2=O)CC1. The largest absolute Gasteiger partial charge is 0.396 e. The second kappa shape index (κ2) is 8.71. The van der Waals surface area contributed by atoms with Gasteiger partial charge in [0.2, 0.25) is 0 Å². The molecule has 11 heteroatoms. The van der Waals surface area contributed by atoms with Crippen LogP contribution in [0.15, 0.2) is 24.3 Å². The first kappa shape index (κ1) is 24.5. The summed E-state index contributed by atoms with van der Waals surface area (Å²) in [6.07, 6.45) is 4.32. The number of aromatic nitrogens is 2. The molecule has 2 fully saturated rings. The Hall–Kier alpha value is -3.23. The van der Waals surface area contributed by atoms with Crippen LogP contribution >= 0.6 is 0 Å². The lowest BCUT2D eigenvalue weighted by molar-refractivity contribution is 0.0718. The quantitative estimate of drug-likeness (QED) is 0.511. The highest BCUT2D eigenvalue weighted by Crippen LogP contribution is 2.47. The van der Waals surface area contributed by atoms with Crippen molar-refractivity contribution < 1.29 is 23.1 Å². The van der Waals surface area contributed by atoms with E-state index in [2.05, 4.69) is 16.5 Å². The number of nitrogens with zero attached hydrogens (tertiary/aromatic N) is 4. The summed E-state index contributed by atoms with van der Waals surface area (Å²) < 4.78 is 25.3. The Labute approximate surface area is 209 Å². The summed E-state index contributed by atoms with van der Waals surface area (Å²) in [5.74, 6) is -0.724. The van der Waals surface area contributed by atoms with Gasteiger partial charge >= 0.3 is 0 Å². The maximum atomic E-state index is 13.6. The lowest BCUT2D eigenvalue weighted by atomic mass is 10.0. The molecule has 2 amide bonds. The van der Waals surface area contributed by atoms with Crippen molar-refractivity contribution >= 4 is 21.7 Å². The van der Waals surface area contributed by atoms with Crippen LogP contribution in [0.25, 0.3) is 0 Å².